The van der Waals surface area contributed by atoms with E-state index in [1.165, 1.54) is 0 Å². The van der Waals surface area contributed by atoms with Crippen LogP contribution in [0, 0.1) is 0 Å². The van der Waals surface area contributed by atoms with Crippen molar-refractivity contribution in [1.29, 1.82) is 0 Å². The smallest absolute Gasteiger partial charge is 0.137 e. The minimum absolute atomic E-state index is 0.303. The predicted molar refractivity (Wildman–Crippen MR) is 80.4 cm³/mol. The van der Waals surface area contributed by atoms with Gasteiger partial charge in [-0.15, -0.1) is 0 Å². The van der Waals surface area contributed by atoms with Crippen molar-refractivity contribution in [2.75, 3.05) is 6.54 Å². The molecule has 0 fully saturated rings. The summed E-state index contributed by atoms with van der Waals surface area (Å²) in [6, 6.07) is 0. The van der Waals surface area contributed by atoms with E-state index in [0.717, 1.165) is 5.70 Å². The van der Waals surface area contributed by atoms with Crippen LogP contribution in [0.15, 0.2) is 26.8 Å². The Hall–Kier alpha value is -1.49. The second kappa shape index (κ2) is 7.76. The summed E-state index contributed by atoms with van der Waals surface area (Å²) in [5, 5.41) is 0. The van der Waals surface area contributed by atoms with Crippen molar-refractivity contribution in [3.63, 3.8) is 0 Å². The first-order valence-corrected chi connectivity index (χ1v) is 6.18. The Morgan fingerprint density at radius 2 is 1.89 bits per heavy atom. The van der Waals surface area contributed by atoms with E-state index in [4.69, 9.17) is 11.5 Å². The maximum Gasteiger partial charge on any atom is 0.137 e. The quantitative estimate of drug-likeness (QED) is 0.577. The van der Waals surface area contributed by atoms with Crippen LogP contribution in [-0.2, 0) is 0 Å². The van der Waals surface area contributed by atoms with Crippen molar-refractivity contribution < 1.29 is 0 Å². The van der Waals surface area contributed by atoms with Gasteiger partial charge in [-0.3, -0.25) is 4.99 Å². The molecule has 0 saturated carbocycles. The molecule has 102 valence electrons. The fourth-order valence-electron chi connectivity index (χ4n) is 1.44. The largest absolute Gasteiger partial charge is 0.387 e. The first-order chi connectivity index (χ1) is 8.41. The van der Waals surface area contributed by atoms with E-state index in [9.17, 15) is 0 Å². The van der Waals surface area contributed by atoms with Crippen molar-refractivity contribution in [2.24, 2.45) is 26.4 Å². The number of rotatable bonds is 5. The van der Waals surface area contributed by atoms with E-state index >= 15 is 0 Å². The Morgan fingerprint density at radius 3 is 2.28 bits per heavy atom. The van der Waals surface area contributed by atoms with Gasteiger partial charge in [0.25, 0.3) is 0 Å². The van der Waals surface area contributed by atoms with Crippen LogP contribution in [0.5, 0.6) is 0 Å². The summed E-state index contributed by atoms with van der Waals surface area (Å²) >= 11 is 0. The molecule has 0 aliphatic carbocycles. The van der Waals surface area contributed by atoms with Gasteiger partial charge in [0.05, 0.1) is 23.6 Å². The third-order valence-electron chi connectivity index (χ3n) is 2.40. The Bertz CT molecular complexity index is 375. The molecule has 5 nitrogen and oxygen atoms in total. The van der Waals surface area contributed by atoms with Gasteiger partial charge < -0.3 is 11.5 Å². The first kappa shape index (κ1) is 16.5. The Labute approximate surface area is 110 Å². The van der Waals surface area contributed by atoms with E-state index in [1.54, 1.807) is 6.21 Å². The summed E-state index contributed by atoms with van der Waals surface area (Å²) in [5.41, 5.74) is 11.7. The monoisotopic (exact) mass is 251 g/mol. The summed E-state index contributed by atoms with van der Waals surface area (Å²) in [4.78, 5) is 13.1. The van der Waals surface area contributed by atoms with Gasteiger partial charge in [0.1, 0.15) is 5.84 Å². The van der Waals surface area contributed by atoms with Crippen LogP contribution in [0.4, 0.5) is 0 Å². The van der Waals surface area contributed by atoms with Crippen LogP contribution in [0.3, 0.4) is 0 Å². The zero-order chi connectivity index (χ0) is 14.2. The van der Waals surface area contributed by atoms with Crippen molar-refractivity contribution >= 4 is 17.9 Å². The van der Waals surface area contributed by atoms with Crippen molar-refractivity contribution in [1.82, 2.24) is 0 Å². The maximum atomic E-state index is 5.77. The van der Waals surface area contributed by atoms with Crippen LogP contribution in [0.25, 0.3) is 0 Å². The summed E-state index contributed by atoms with van der Waals surface area (Å²) in [7, 11) is 0. The van der Waals surface area contributed by atoms with Crippen LogP contribution in [0.2, 0.25) is 0 Å². The molecular weight excluding hydrogens is 226 g/mol. The molecule has 0 aliphatic rings. The highest BCUT2D eigenvalue weighted by atomic mass is 15.0. The van der Waals surface area contributed by atoms with Gasteiger partial charge in [0, 0.05) is 12.6 Å². The van der Waals surface area contributed by atoms with E-state index < -0.39 is 5.54 Å². The summed E-state index contributed by atoms with van der Waals surface area (Å²) < 4.78 is 0. The molecule has 0 spiro atoms. The van der Waals surface area contributed by atoms with Crippen LogP contribution in [0.1, 0.15) is 41.0 Å². The van der Waals surface area contributed by atoms with E-state index in [1.807, 2.05) is 40.7 Å². The second-order valence-electron chi connectivity index (χ2n) is 4.31. The van der Waals surface area contributed by atoms with Crippen LogP contribution >= 0.6 is 0 Å². The van der Waals surface area contributed by atoms with Gasteiger partial charge in [-0.1, -0.05) is 13.0 Å². The highest BCUT2D eigenvalue weighted by molar-refractivity contribution is 5.91. The molecule has 0 radical (unpaired) electrons. The second-order valence-corrected chi connectivity index (χ2v) is 4.31. The summed E-state index contributed by atoms with van der Waals surface area (Å²) in [5.74, 6) is 1.20. The molecule has 0 aromatic rings. The number of nitrogens with two attached hydrogens (primary N) is 2. The Kier molecular flexibility index (Phi) is 7.12. The topological polar surface area (TPSA) is 89.1 Å². The molecule has 4 N–H and O–H groups in total. The number of nitrogens with zero attached hydrogens (tertiary/aromatic N) is 3. The number of allylic oxidation sites excluding steroid dienone is 1. The Morgan fingerprint density at radius 1 is 1.28 bits per heavy atom. The molecular formula is C13H25N5. The summed E-state index contributed by atoms with van der Waals surface area (Å²) in [6.45, 7) is 9.96. The molecule has 18 heavy (non-hydrogen) atoms. The first-order valence-electron chi connectivity index (χ1n) is 6.18. The minimum Gasteiger partial charge on any atom is -0.387 e. The van der Waals surface area contributed by atoms with Gasteiger partial charge in [-0.2, -0.15) is 0 Å². The number of aliphatic imine (C=N–C) groups is 3. The predicted octanol–water partition coefficient (Wildman–Crippen LogP) is 1.88. The molecule has 0 unspecified atom stereocenters. The molecule has 0 aliphatic heterocycles. The third-order valence-corrected chi connectivity index (χ3v) is 2.40. The lowest BCUT2D eigenvalue weighted by Crippen LogP contribution is -2.25. The average Bonchev–Trinajstić information content (AvgIpc) is 2.34. The highest BCUT2D eigenvalue weighted by Gasteiger charge is 2.22. The molecule has 0 heterocycles. The van der Waals surface area contributed by atoms with Crippen molar-refractivity contribution in [2.45, 2.75) is 46.6 Å². The van der Waals surface area contributed by atoms with Crippen molar-refractivity contribution in [3.05, 3.63) is 11.8 Å². The van der Waals surface area contributed by atoms with Crippen LogP contribution in [-0.4, -0.2) is 30.0 Å². The van der Waals surface area contributed by atoms with E-state index in [2.05, 4.69) is 15.0 Å². The molecule has 0 rings (SSSR count). The molecule has 0 aromatic carbocycles. The Balaban J connectivity index is 5.34. The van der Waals surface area contributed by atoms with Gasteiger partial charge >= 0.3 is 0 Å². The van der Waals surface area contributed by atoms with Gasteiger partial charge in [-0.05, 0) is 27.7 Å². The lowest BCUT2D eigenvalue weighted by atomic mass is 10.0. The van der Waals surface area contributed by atoms with Crippen molar-refractivity contribution in [3.8, 4) is 0 Å². The zero-order valence-electron chi connectivity index (χ0n) is 12.1. The number of amidine groups is 2. The third kappa shape index (κ3) is 5.23. The minimum atomic E-state index is -0.490. The van der Waals surface area contributed by atoms with E-state index in [-0.39, 0.29) is 0 Å². The molecule has 0 atom stereocenters. The van der Waals surface area contributed by atoms with Crippen LogP contribution < -0.4 is 11.5 Å². The standard InChI is InChI=1S/C13H25N5/c1-6-10(17-11(15)7-2)13(4,5)18-12(9-14)16-8-3/h6,8H,7,9,14H2,1-5H3,(H2,15,17)/b10-6+,16-8-,18-12-. The summed E-state index contributed by atoms with van der Waals surface area (Å²) in [6.07, 6.45) is 4.31. The molecule has 0 bridgehead atoms. The lowest BCUT2D eigenvalue weighted by Gasteiger charge is -2.21. The molecule has 0 saturated heterocycles. The number of hydrogen-bond donors (Lipinski definition) is 2. The average molecular weight is 251 g/mol. The number of hydrogen-bond acceptors (Lipinski definition) is 3. The highest BCUT2D eigenvalue weighted by Crippen LogP contribution is 2.22. The zero-order valence-corrected chi connectivity index (χ0v) is 12.1. The van der Waals surface area contributed by atoms with Gasteiger partial charge in [0.15, 0.2) is 0 Å². The van der Waals surface area contributed by atoms with Gasteiger partial charge in [-0.25, -0.2) is 9.98 Å². The lowest BCUT2D eigenvalue weighted by molar-refractivity contribution is 0.604. The fraction of sp³-hybridized carbons (Fsp3) is 0.615. The van der Waals surface area contributed by atoms with E-state index in [0.29, 0.717) is 24.6 Å². The normalized spacial score (nSPS) is 15.6. The molecule has 0 aromatic heterocycles. The molecule has 0 amide bonds. The SMILES string of the molecule is C/C=N\C(CN)=N/C(C)(C)C(=C\C)/N=C(/N)CC. The maximum absolute atomic E-state index is 5.77. The molecule has 5 heteroatoms. The fourth-order valence-corrected chi connectivity index (χ4v) is 1.44. The van der Waals surface area contributed by atoms with Gasteiger partial charge in [0.2, 0.25) is 0 Å².